The van der Waals surface area contributed by atoms with Crippen LogP contribution in [0.25, 0.3) is 0 Å². The Morgan fingerprint density at radius 2 is 1.90 bits per heavy atom. The number of aliphatic carboxylic acids is 1. The van der Waals surface area contributed by atoms with Crippen molar-refractivity contribution in [2.75, 3.05) is 13.2 Å². The van der Waals surface area contributed by atoms with Gasteiger partial charge in [0.2, 0.25) is 0 Å². The quantitative estimate of drug-likeness (QED) is 0.576. The number of hydrogen-bond donors (Lipinski definition) is 4. The van der Waals surface area contributed by atoms with Crippen molar-refractivity contribution in [2.24, 2.45) is 0 Å². The first kappa shape index (κ1) is 16.0. The van der Waals surface area contributed by atoms with Crippen molar-refractivity contribution in [1.29, 1.82) is 0 Å². The number of benzene rings is 1. The number of nitrogens with one attached hydrogen (secondary N) is 2. The van der Waals surface area contributed by atoms with Crippen molar-refractivity contribution in [1.82, 2.24) is 10.6 Å². The summed E-state index contributed by atoms with van der Waals surface area (Å²) < 4.78 is 0. The molecule has 0 bridgehead atoms. The van der Waals surface area contributed by atoms with Gasteiger partial charge in [0.1, 0.15) is 0 Å². The standard InChI is InChI=1S/C14H20N2O4/c17-10-4-7-12(11-5-2-1-3-6-11)16-14(20)15-9-8-13(18)19/h1-3,5-6,12,17H,4,7-10H2,(H,18,19)(H2,15,16,20). The molecule has 6 nitrogen and oxygen atoms in total. The van der Waals surface area contributed by atoms with Crippen LogP contribution in [0.15, 0.2) is 30.3 Å². The number of aliphatic hydroxyl groups is 1. The molecule has 0 aromatic heterocycles. The van der Waals surface area contributed by atoms with E-state index >= 15 is 0 Å². The molecule has 0 aliphatic heterocycles. The van der Waals surface area contributed by atoms with Crippen LogP contribution in [0.5, 0.6) is 0 Å². The molecular formula is C14H20N2O4. The van der Waals surface area contributed by atoms with E-state index in [1.165, 1.54) is 0 Å². The topological polar surface area (TPSA) is 98.7 Å². The van der Waals surface area contributed by atoms with E-state index in [0.29, 0.717) is 12.8 Å². The summed E-state index contributed by atoms with van der Waals surface area (Å²) in [7, 11) is 0. The number of carboxylic acids is 1. The maximum Gasteiger partial charge on any atom is 0.315 e. The fourth-order valence-electron chi connectivity index (χ4n) is 1.80. The number of aliphatic hydroxyl groups excluding tert-OH is 1. The molecule has 0 aliphatic rings. The molecule has 0 aliphatic carbocycles. The third kappa shape index (κ3) is 6.19. The van der Waals surface area contributed by atoms with E-state index in [1.54, 1.807) is 0 Å². The Morgan fingerprint density at radius 3 is 2.50 bits per heavy atom. The molecule has 1 aromatic rings. The molecule has 0 fully saturated rings. The third-order valence-corrected chi connectivity index (χ3v) is 2.78. The van der Waals surface area contributed by atoms with Gasteiger partial charge in [-0.3, -0.25) is 4.79 Å². The van der Waals surface area contributed by atoms with Gasteiger partial charge in [-0.05, 0) is 18.4 Å². The van der Waals surface area contributed by atoms with Crippen LogP contribution in [-0.2, 0) is 4.79 Å². The molecule has 2 amide bonds. The number of carbonyl (C=O) groups excluding carboxylic acids is 1. The normalized spacial score (nSPS) is 11.7. The van der Waals surface area contributed by atoms with Gasteiger partial charge in [-0.15, -0.1) is 0 Å². The maximum atomic E-state index is 11.7. The van der Waals surface area contributed by atoms with Gasteiger partial charge in [0.15, 0.2) is 0 Å². The monoisotopic (exact) mass is 280 g/mol. The summed E-state index contributed by atoms with van der Waals surface area (Å²) >= 11 is 0. The third-order valence-electron chi connectivity index (χ3n) is 2.78. The van der Waals surface area contributed by atoms with Crippen LogP contribution >= 0.6 is 0 Å². The zero-order chi connectivity index (χ0) is 14.8. The summed E-state index contributed by atoms with van der Waals surface area (Å²) in [6.07, 6.45) is 1.09. The Balaban J connectivity index is 2.52. The number of carbonyl (C=O) groups is 2. The highest BCUT2D eigenvalue weighted by atomic mass is 16.4. The van der Waals surface area contributed by atoms with Crippen molar-refractivity contribution < 1.29 is 19.8 Å². The van der Waals surface area contributed by atoms with Crippen LogP contribution in [0.1, 0.15) is 30.9 Å². The molecule has 0 heterocycles. The minimum atomic E-state index is -0.954. The summed E-state index contributed by atoms with van der Waals surface area (Å²) in [4.78, 5) is 22.1. The number of hydrogen-bond acceptors (Lipinski definition) is 3. The highest BCUT2D eigenvalue weighted by Crippen LogP contribution is 2.17. The van der Waals surface area contributed by atoms with Crippen LogP contribution in [0.2, 0.25) is 0 Å². The van der Waals surface area contributed by atoms with Gasteiger partial charge in [0.25, 0.3) is 0 Å². The average Bonchev–Trinajstić information content (AvgIpc) is 2.44. The van der Waals surface area contributed by atoms with E-state index in [4.69, 9.17) is 10.2 Å². The average molecular weight is 280 g/mol. The second-order valence-electron chi connectivity index (χ2n) is 4.37. The molecule has 6 heteroatoms. The number of urea groups is 1. The SMILES string of the molecule is O=C(O)CCNC(=O)NC(CCCO)c1ccccc1. The predicted octanol–water partition coefficient (Wildman–Crippen LogP) is 1.27. The molecule has 1 unspecified atom stereocenters. The van der Waals surface area contributed by atoms with Gasteiger partial charge in [-0.1, -0.05) is 30.3 Å². The van der Waals surface area contributed by atoms with Crippen molar-refractivity contribution in [3.63, 3.8) is 0 Å². The second kappa shape index (κ2) is 8.92. The van der Waals surface area contributed by atoms with Gasteiger partial charge in [-0.25, -0.2) is 4.79 Å². The molecular weight excluding hydrogens is 260 g/mol. The van der Waals surface area contributed by atoms with Gasteiger partial charge < -0.3 is 20.8 Å². The zero-order valence-corrected chi connectivity index (χ0v) is 11.2. The Morgan fingerprint density at radius 1 is 1.20 bits per heavy atom. The number of amides is 2. The lowest BCUT2D eigenvalue weighted by Crippen LogP contribution is -2.39. The first-order valence-corrected chi connectivity index (χ1v) is 6.55. The van der Waals surface area contributed by atoms with Gasteiger partial charge in [0.05, 0.1) is 12.5 Å². The first-order chi connectivity index (χ1) is 9.63. The lowest BCUT2D eigenvalue weighted by molar-refractivity contribution is -0.136. The molecule has 1 aromatic carbocycles. The van der Waals surface area contributed by atoms with Crippen LogP contribution < -0.4 is 10.6 Å². The molecule has 0 radical (unpaired) electrons. The Bertz CT molecular complexity index is 422. The summed E-state index contributed by atoms with van der Waals surface area (Å²) in [5.41, 5.74) is 0.953. The minimum absolute atomic E-state index is 0.0612. The fraction of sp³-hybridized carbons (Fsp3) is 0.429. The highest BCUT2D eigenvalue weighted by Gasteiger charge is 2.13. The van der Waals surface area contributed by atoms with Crippen molar-refractivity contribution >= 4 is 12.0 Å². The van der Waals surface area contributed by atoms with Crippen LogP contribution in [0, 0.1) is 0 Å². The second-order valence-corrected chi connectivity index (χ2v) is 4.37. The van der Waals surface area contributed by atoms with Gasteiger partial charge in [-0.2, -0.15) is 0 Å². The minimum Gasteiger partial charge on any atom is -0.481 e. The molecule has 0 spiro atoms. The zero-order valence-electron chi connectivity index (χ0n) is 11.2. The van der Waals surface area contributed by atoms with E-state index in [-0.39, 0.29) is 25.6 Å². The van der Waals surface area contributed by atoms with Crippen molar-refractivity contribution in [3.05, 3.63) is 35.9 Å². The Hall–Kier alpha value is -2.08. The van der Waals surface area contributed by atoms with Gasteiger partial charge >= 0.3 is 12.0 Å². The van der Waals surface area contributed by atoms with Crippen LogP contribution in [0.4, 0.5) is 4.79 Å². The van der Waals surface area contributed by atoms with E-state index in [1.807, 2.05) is 30.3 Å². The van der Waals surface area contributed by atoms with E-state index in [2.05, 4.69) is 10.6 Å². The molecule has 20 heavy (non-hydrogen) atoms. The Labute approximate surface area is 117 Å². The molecule has 0 saturated heterocycles. The smallest absolute Gasteiger partial charge is 0.315 e. The number of rotatable bonds is 8. The Kier molecular flexibility index (Phi) is 7.13. The van der Waals surface area contributed by atoms with E-state index in [9.17, 15) is 9.59 Å². The first-order valence-electron chi connectivity index (χ1n) is 6.55. The molecule has 4 N–H and O–H groups in total. The summed E-state index contributed by atoms with van der Waals surface area (Å²) in [6, 6.07) is 8.85. The highest BCUT2D eigenvalue weighted by molar-refractivity contribution is 5.75. The van der Waals surface area contributed by atoms with E-state index in [0.717, 1.165) is 5.56 Å². The fourth-order valence-corrected chi connectivity index (χ4v) is 1.80. The molecule has 110 valence electrons. The van der Waals surface area contributed by atoms with Crippen molar-refractivity contribution in [3.8, 4) is 0 Å². The van der Waals surface area contributed by atoms with Crippen LogP contribution in [0.3, 0.4) is 0 Å². The lowest BCUT2D eigenvalue weighted by atomic mass is 10.0. The van der Waals surface area contributed by atoms with Gasteiger partial charge in [0, 0.05) is 13.2 Å². The largest absolute Gasteiger partial charge is 0.481 e. The molecule has 0 saturated carbocycles. The molecule has 1 atom stereocenters. The summed E-state index contributed by atoms with van der Waals surface area (Å²) in [6.45, 7) is 0.147. The summed E-state index contributed by atoms with van der Waals surface area (Å²) in [5, 5.41) is 22.7. The lowest BCUT2D eigenvalue weighted by Gasteiger charge is -2.19. The molecule has 1 rings (SSSR count). The number of carboxylic acid groups (broad SMARTS) is 1. The van der Waals surface area contributed by atoms with Crippen LogP contribution in [-0.4, -0.2) is 35.4 Å². The maximum absolute atomic E-state index is 11.7. The van der Waals surface area contributed by atoms with E-state index < -0.39 is 12.0 Å². The summed E-state index contributed by atoms with van der Waals surface area (Å²) in [5.74, 6) is -0.954. The predicted molar refractivity (Wildman–Crippen MR) is 74.3 cm³/mol. The van der Waals surface area contributed by atoms with Crippen molar-refractivity contribution in [2.45, 2.75) is 25.3 Å².